The summed E-state index contributed by atoms with van der Waals surface area (Å²) < 4.78 is 5.22. The van der Waals surface area contributed by atoms with Crippen LogP contribution in [0, 0.1) is 11.8 Å². The van der Waals surface area contributed by atoms with Gasteiger partial charge >= 0.3 is 0 Å². The Balaban J connectivity index is 1.71. The van der Waals surface area contributed by atoms with Crippen LogP contribution in [-0.2, 0) is 9.53 Å². The average molecular weight is 266 g/mol. The minimum Gasteiger partial charge on any atom is -0.384 e. The number of hydrogen-bond acceptors (Lipinski definition) is 3. The van der Waals surface area contributed by atoms with Gasteiger partial charge in [-0.05, 0) is 37.5 Å². The second kappa shape index (κ2) is 5.06. The third kappa shape index (κ3) is 2.40. The molecule has 0 aromatic heterocycles. The zero-order chi connectivity index (χ0) is 13.5. The van der Waals surface area contributed by atoms with E-state index in [1.807, 2.05) is 0 Å². The number of ether oxygens (including phenoxy) is 1. The molecule has 2 saturated carbocycles. The van der Waals surface area contributed by atoms with Crippen LogP contribution in [0.1, 0.15) is 45.4 Å². The van der Waals surface area contributed by atoms with Gasteiger partial charge in [-0.15, -0.1) is 0 Å². The highest BCUT2D eigenvalue weighted by Gasteiger charge is 2.60. The van der Waals surface area contributed by atoms with Crippen LogP contribution < -0.4 is 5.32 Å². The van der Waals surface area contributed by atoms with Gasteiger partial charge in [0.25, 0.3) is 0 Å². The Hall–Kier alpha value is -0.610. The van der Waals surface area contributed by atoms with Gasteiger partial charge in [-0.25, -0.2) is 0 Å². The van der Waals surface area contributed by atoms with Crippen molar-refractivity contribution in [3.05, 3.63) is 0 Å². The van der Waals surface area contributed by atoms with E-state index in [1.54, 1.807) is 7.11 Å². The van der Waals surface area contributed by atoms with E-state index in [-0.39, 0.29) is 11.7 Å². The van der Waals surface area contributed by atoms with E-state index >= 15 is 0 Å². The van der Waals surface area contributed by atoms with Gasteiger partial charge in [0.2, 0.25) is 5.91 Å². The Morgan fingerprint density at radius 2 is 2.11 bits per heavy atom. The van der Waals surface area contributed by atoms with Crippen molar-refractivity contribution in [3.8, 4) is 0 Å². The van der Waals surface area contributed by atoms with Gasteiger partial charge in [0.1, 0.15) is 0 Å². The van der Waals surface area contributed by atoms with Gasteiger partial charge in [-0.2, -0.15) is 0 Å². The molecule has 4 nitrogen and oxygen atoms in total. The van der Waals surface area contributed by atoms with Crippen LogP contribution in [0.4, 0.5) is 0 Å². The molecule has 1 aliphatic heterocycles. The summed E-state index contributed by atoms with van der Waals surface area (Å²) in [4.78, 5) is 14.8. The monoisotopic (exact) mass is 266 g/mol. The third-order valence-electron chi connectivity index (χ3n) is 4.99. The molecule has 3 rings (SSSR count). The summed E-state index contributed by atoms with van der Waals surface area (Å²) in [7, 11) is 1.73. The minimum absolute atomic E-state index is 0.167. The normalized spacial score (nSPS) is 31.4. The number of hydrogen-bond donors (Lipinski definition) is 1. The maximum atomic E-state index is 12.6. The van der Waals surface area contributed by atoms with Gasteiger partial charge in [0.05, 0.1) is 18.3 Å². The number of carbonyl (C=O) groups excluding carboxylic acids is 1. The number of methoxy groups -OCH3 is 1. The predicted molar refractivity (Wildman–Crippen MR) is 73.6 cm³/mol. The van der Waals surface area contributed by atoms with Crippen molar-refractivity contribution in [1.29, 1.82) is 0 Å². The van der Waals surface area contributed by atoms with Crippen molar-refractivity contribution >= 4 is 5.91 Å². The molecule has 3 aliphatic rings. The Labute approximate surface area is 115 Å². The Morgan fingerprint density at radius 1 is 1.42 bits per heavy atom. The molecule has 2 aliphatic carbocycles. The lowest BCUT2D eigenvalue weighted by atomic mass is 10.0. The van der Waals surface area contributed by atoms with E-state index in [2.05, 4.69) is 17.1 Å². The van der Waals surface area contributed by atoms with Crippen LogP contribution in [-0.4, -0.2) is 42.8 Å². The van der Waals surface area contributed by atoms with Crippen LogP contribution in [0.5, 0.6) is 0 Å². The molecule has 1 amide bonds. The Morgan fingerprint density at radius 3 is 2.68 bits per heavy atom. The average Bonchev–Trinajstić information content (AvgIpc) is 2.86. The van der Waals surface area contributed by atoms with Gasteiger partial charge in [0, 0.05) is 13.7 Å². The maximum Gasteiger partial charge on any atom is 0.244 e. The lowest BCUT2D eigenvalue weighted by molar-refractivity contribution is -0.132. The first-order valence-corrected chi connectivity index (χ1v) is 7.74. The first-order chi connectivity index (χ1) is 9.16. The fraction of sp³-hybridized carbons (Fsp3) is 0.933. The van der Waals surface area contributed by atoms with E-state index in [4.69, 9.17) is 4.74 Å². The molecule has 2 unspecified atom stereocenters. The number of nitrogens with one attached hydrogen (secondary N) is 1. The van der Waals surface area contributed by atoms with Crippen LogP contribution in [0.2, 0.25) is 0 Å². The fourth-order valence-corrected chi connectivity index (χ4v) is 3.82. The van der Waals surface area contributed by atoms with Crippen LogP contribution >= 0.6 is 0 Å². The van der Waals surface area contributed by atoms with Crippen molar-refractivity contribution in [2.45, 2.75) is 57.2 Å². The standard InChI is InChI=1S/C15H26N2O2/c1-11(10-19-2)9-17-13(12-5-3-4-6-12)16-15(7-8-15)14(17)18/h11-13,16H,3-10H2,1-2H3. The van der Waals surface area contributed by atoms with Crippen LogP contribution in [0.3, 0.4) is 0 Å². The molecule has 2 atom stereocenters. The zero-order valence-electron chi connectivity index (χ0n) is 12.2. The fourth-order valence-electron chi connectivity index (χ4n) is 3.82. The summed E-state index contributed by atoms with van der Waals surface area (Å²) >= 11 is 0. The van der Waals surface area contributed by atoms with Crippen molar-refractivity contribution in [2.24, 2.45) is 11.8 Å². The molecule has 0 radical (unpaired) electrons. The highest BCUT2D eigenvalue weighted by Crippen LogP contribution is 2.45. The maximum absolute atomic E-state index is 12.6. The van der Waals surface area contributed by atoms with Crippen LogP contribution in [0.15, 0.2) is 0 Å². The van der Waals surface area contributed by atoms with Crippen molar-refractivity contribution < 1.29 is 9.53 Å². The number of amides is 1. The molecular weight excluding hydrogens is 240 g/mol. The Bertz CT molecular complexity index is 348. The van der Waals surface area contributed by atoms with E-state index < -0.39 is 0 Å². The second-order valence-electron chi connectivity index (χ2n) is 6.73. The smallest absolute Gasteiger partial charge is 0.244 e. The molecule has 0 bridgehead atoms. The van der Waals surface area contributed by atoms with E-state index in [9.17, 15) is 4.79 Å². The summed E-state index contributed by atoms with van der Waals surface area (Å²) in [6.45, 7) is 3.73. The van der Waals surface area contributed by atoms with E-state index in [0.717, 1.165) is 26.0 Å². The molecule has 0 aromatic rings. The molecule has 1 heterocycles. The molecule has 0 aromatic carbocycles. The molecule has 4 heteroatoms. The second-order valence-corrected chi connectivity index (χ2v) is 6.73. The SMILES string of the molecule is COCC(C)CN1C(=O)C2(CC2)NC1C1CCCC1. The summed E-state index contributed by atoms with van der Waals surface area (Å²) in [5.41, 5.74) is -0.167. The number of rotatable bonds is 5. The molecule has 3 fully saturated rings. The molecule has 108 valence electrons. The molecule has 19 heavy (non-hydrogen) atoms. The summed E-state index contributed by atoms with van der Waals surface area (Å²) in [5, 5.41) is 3.67. The minimum atomic E-state index is -0.167. The van der Waals surface area contributed by atoms with Crippen molar-refractivity contribution in [1.82, 2.24) is 10.2 Å². The summed E-state index contributed by atoms with van der Waals surface area (Å²) in [5.74, 6) is 1.43. The molecule has 1 saturated heterocycles. The number of nitrogens with zero attached hydrogens (tertiary/aromatic N) is 1. The lowest BCUT2D eigenvalue weighted by Gasteiger charge is -2.30. The summed E-state index contributed by atoms with van der Waals surface area (Å²) in [6, 6.07) is 0. The molecule has 1 spiro atoms. The van der Waals surface area contributed by atoms with Gasteiger partial charge in [-0.1, -0.05) is 19.8 Å². The van der Waals surface area contributed by atoms with Gasteiger partial charge in [-0.3, -0.25) is 10.1 Å². The first kappa shape index (κ1) is 13.4. The highest BCUT2D eigenvalue weighted by molar-refractivity contribution is 5.91. The summed E-state index contributed by atoms with van der Waals surface area (Å²) in [6.07, 6.45) is 7.55. The lowest BCUT2D eigenvalue weighted by Crippen LogP contribution is -2.44. The predicted octanol–water partition coefficient (Wildman–Crippen LogP) is 1.75. The largest absolute Gasteiger partial charge is 0.384 e. The first-order valence-electron chi connectivity index (χ1n) is 7.74. The van der Waals surface area contributed by atoms with Crippen molar-refractivity contribution in [3.63, 3.8) is 0 Å². The quantitative estimate of drug-likeness (QED) is 0.824. The van der Waals surface area contributed by atoms with E-state index in [0.29, 0.717) is 17.7 Å². The van der Waals surface area contributed by atoms with Crippen molar-refractivity contribution in [2.75, 3.05) is 20.3 Å². The zero-order valence-corrected chi connectivity index (χ0v) is 12.2. The Kier molecular flexibility index (Phi) is 3.56. The molecule has 1 N–H and O–H groups in total. The van der Waals surface area contributed by atoms with Crippen LogP contribution in [0.25, 0.3) is 0 Å². The molecular formula is C15H26N2O2. The number of carbonyl (C=O) groups is 1. The third-order valence-corrected chi connectivity index (χ3v) is 4.99. The highest BCUT2D eigenvalue weighted by atomic mass is 16.5. The topological polar surface area (TPSA) is 41.6 Å². The van der Waals surface area contributed by atoms with Gasteiger partial charge < -0.3 is 9.64 Å². The van der Waals surface area contributed by atoms with Gasteiger partial charge in [0.15, 0.2) is 0 Å². The van der Waals surface area contributed by atoms with E-state index in [1.165, 1.54) is 25.7 Å².